The van der Waals surface area contributed by atoms with Crippen LogP contribution >= 0.6 is 0 Å². The number of anilines is 1. The second kappa shape index (κ2) is 6.73. The van der Waals surface area contributed by atoms with E-state index in [1.165, 1.54) is 25.1 Å². The fraction of sp³-hybridized carbons (Fsp3) is 0.250. The van der Waals surface area contributed by atoms with Crippen LogP contribution in [0.2, 0.25) is 0 Å². The largest absolute Gasteiger partial charge is 0.471 e. The van der Waals surface area contributed by atoms with E-state index in [0.717, 1.165) is 7.11 Å². The predicted octanol–water partition coefficient (Wildman–Crippen LogP) is 2.27. The second-order valence-electron chi connectivity index (χ2n) is 3.83. The number of carbonyl (C=O) groups excluding carboxylic acids is 2. The highest BCUT2D eigenvalue weighted by Gasteiger charge is 2.38. The van der Waals surface area contributed by atoms with Gasteiger partial charge in [-0.3, -0.25) is 4.79 Å². The molecule has 1 aromatic carbocycles. The van der Waals surface area contributed by atoms with E-state index in [-0.39, 0.29) is 5.69 Å². The minimum atomic E-state index is -4.97. The third kappa shape index (κ3) is 5.13. The average molecular weight is 303 g/mol. The zero-order chi connectivity index (χ0) is 16.0. The van der Waals surface area contributed by atoms with Gasteiger partial charge >= 0.3 is 18.2 Å². The third-order valence-electron chi connectivity index (χ3n) is 2.30. The Balaban J connectivity index is 2.85. The van der Waals surface area contributed by atoms with Crippen molar-refractivity contribution in [2.24, 2.45) is 5.10 Å². The summed E-state index contributed by atoms with van der Waals surface area (Å²) in [6.45, 7) is 1.53. The number of nitrogens with one attached hydrogen (secondary N) is 2. The van der Waals surface area contributed by atoms with Gasteiger partial charge in [-0.25, -0.2) is 10.2 Å². The van der Waals surface area contributed by atoms with E-state index in [2.05, 4.69) is 15.3 Å². The van der Waals surface area contributed by atoms with Crippen molar-refractivity contribution in [2.75, 3.05) is 12.4 Å². The van der Waals surface area contributed by atoms with Crippen LogP contribution in [0, 0.1) is 0 Å². The zero-order valence-corrected chi connectivity index (χ0v) is 11.1. The summed E-state index contributed by atoms with van der Waals surface area (Å²) < 4.78 is 40.7. The lowest BCUT2D eigenvalue weighted by atomic mass is 10.1. The smallest absolute Gasteiger partial charge is 0.452 e. The minimum absolute atomic E-state index is 0.0394. The summed E-state index contributed by atoms with van der Waals surface area (Å²) >= 11 is 0. The third-order valence-corrected chi connectivity index (χ3v) is 2.30. The SMILES string of the molecule is COC(=O)NN=C(C)c1cccc(NC(=O)C(F)(F)F)c1. The van der Waals surface area contributed by atoms with Gasteiger partial charge in [-0.2, -0.15) is 18.3 Å². The Morgan fingerprint density at radius 1 is 1.29 bits per heavy atom. The van der Waals surface area contributed by atoms with Gasteiger partial charge in [0, 0.05) is 5.69 Å². The molecule has 6 nitrogen and oxygen atoms in total. The standard InChI is InChI=1S/C12H12F3N3O3/c1-7(17-18-11(20)21-2)8-4-3-5-9(6-8)16-10(19)12(13,14)15/h3-6H,1-2H3,(H,16,19)(H,18,20). The molecule has 0 spiro atoms. The molecule has 0 aliphatic rings. The van der Waals surface area contributed by atoms with Crippen molar-refractivity contribution in [1.82, 2.24) is 5.43 Å². The lowest BCUT2D eigenvalue weighted by Crippen LogP contribution is -2.29. The molecular weight excluding hydrogens is 291 g/mol. The number of methoxy groups -OCH3 is 1. The van der Waals surface area contributed by atoms with Crippen molar-refractivity contribution >= 4 is 23.4 Å². The van der Waals surface area contributed by atoms with Gasteiger partial charge in [0.25, 0.3) is 0 Å². The van der Waals surface area contributed by atoms with Gasteiger partial charge in [0.05, 0.1) is 12.8 Å². The normalized spacial score (nSPS) is 11.8. The van der Waals surface area contributed by atoms with Crippen LogP contribution < -0.4 is 10.7 Å². The topological polar surface area (TPSA) is 79.8 Å². The molecule has 0 atom stereocenters. The van der Waals surface area contributed by atoms with Gasteiger partial charge < -0.3 is 10.1 Å². The Morgan fingerprint density at radius 2 is 1.95 bits per heavy atom. The van der Waals surface area contributed by atoms with Crippen molar-refractivity contribution in [3.05, 3.63) is 29.8 Å². The Labute approximate surface area is 118 Å². The van der Waals surface area contributed by atoms with Crippen molar-refractivity contribution in [3.8, 4) is 0 Å². The number of amides is 2. The molecule has 0 aliphatic heterocycles. The monoisotopic (exact) mass is 303 g/mol. The van der Waals surface area contributed by atoms with E-state index >= 15 is 0 Å². The van der Waals surface area contributed by atoms with Crippen LogP contribution in [-0.2, 0) is 9.53 Å². The first-order valence-electron chi connectivity index (χ1n) is 5.61. The highest BCUT2D eigenvalue weighted by molar-refractivity contribution is 6.01. The molecule has 0 saturated heterocycles. The molecule has 0 bridgehead atoms. The van der Waals surface area contributed by atoms with Crippen LogP contribution in [0.4, 0.5) is 23.7 Å². The van der Waals surface area contributed by atoms with Crippen molar-refractivity contribution in [2.45, 2.75) is 13.1 Å². The summed E-state index contributed by atoms with van der Waals surface area (Å²) in [5, 5.41) is 5.41. The highest BCUT2D eigenvalue weighted by Crippen LogP contribution is 2.19. The van der Waals surface area contributed by atoms with Gasteiger partial charge in [-0.1, -0.05) is 12.1 Å². The molecule has 0 aromatic heterocycles. The molecule has 0 aliphatic carbocycles. The van der Waals surface area contributed by atoms with Gasteiger partial charge in [0.2, 0.25) is 0 Å². The molecule has 2 N–H and O–H groups in total. The van der Waals surface area contributed by atoms with Crippen molar-refractivity contribution in [1.29, 1.82) is 0 Å². The maximum absolute atomic E-state index is 12.1. The fourth-order valence-electron chi connectivity index (χ4n) is 1.26. The summed E-state index contributed by atoms with van der Waals surface area (Å²) in [5.74, 6) is -2.07. The minimum Gasteiger partial charge on any atom is -0.452 e. The molecule has 1 aromatic rings. The molecule has 0 saturated carbocycles. The van der Waals surface area contributed by atoms with Crippen LogP contribution in [0.25, 0.3) is 0 Å². The summed E-state index contributed by atoms with van der Waals surface area (Å²) in [6.07, 6.45) is -5.75. The van der Waals surface area contributed by atoms with Crippen LogP contribution in [0.5, 0.6) is 0 Å². The van der Waals surface area contributed by atoms with Gasteiger partial charge in [-0.15, -0.1) is 0 Å². The quantitative estimate of drug-likeness (QED) is 0.664. The summed E-state index contributed by atoms with van der Waals surface area (Å²) in [6, 6.07) is 5.59. The first-order valence-corrected chi connectivity index (χ1v) is 5.61. The first-order chi connectivity index (χ1) is 9.74. The van der Waals surface area contributed by atoms with E-state index in [1.807, 2.05) is 0 Å². The molecule has 21 heavy (non-hydrogen) atoms. The molecular formula is C12H12F3N3O3. The molecule has 0 fully saturated rings. The first kappa shape index (κ1) is 16.5. The van der Waals surface area contributed by atoms with E-state index in [9.17, 15) is 22.8 Å². The molecule has 9 heteroatoms. The fourth-order valence-corrected chi connectivity index (χ4v) is 1.26. The van der Waals surface area contributed by atoms with Crippen LogP contribution in [0.1, 0.15) is 12.5 Å². The van der Waals surface area contributed by atoms with Crippen molar-refractivity contribution in [3.63, 3.8) is 0 Å². The molecule has 0 unspecified atom stereocenters. The number of halogens is 3. The Kier molecular flexibility index (Phi) is 5.28. The number of carbonyl (C=O) groups is 2. The molecule has 1 rings (SSSR count). The second-order valence-corrected chi connectivity index (χ2v) is 3.83. The molecule has 0 radical (unpaired) electrons. The summed E-state index contributed by atoms with van der Waals surface area (Å²) in [4.78, 5) is 21.7. The van der Waals surface area contributed by atoms with Gasteiger partial charge in [0.15, 0.2) is 0 Å². The van der Waals surface area contributed by atoms with E-state index < -0.39 is 18.2 Å². The average Bonchev–Trinajstić information content (AvgIpc) is 2.43. The van der Waals surface area contributed by atoms with E-state index in [0.29, 0.717) is 11.3 Å². The van der Waals surface area contributed by atoms with E-state index in [1.54, 1.807) is 11.4 Å². The number of nitrogens with zero attached hydrogens (tertiary/aromatic N) is 1. The number of rotatable bonds is 3. The van der Waals surface area contributed by atoms with Crippen LogP contribution in [0.15, 0.2) is 29.4 Å². The number of ether oxygens (including phenoxy) is 1. The molecule has 2 amide bonds. The van der Waals surface area contributed by atoms with Gasteiger partial charge in [-0.05, 0) is 24.6 Å². The Hall–Kier alpha value is -2.58. The number of hydrogen-bond acceptors (Lipinski definition) is 4. The number of hydrazone groups is 1. The lowest BCUT2D eigenvalue weighted by Gasteiger charge is -2.09. The Bertz CT molecular complexity index is 570. The van der Waals surface area contributed by atoms with Crippen LogP contribution in [-0.4, -0.2) is 31.0 Å². The Morgan fingerprint density at radius 3 is 2.52 bits per heavy atom. The molecule has 114 valence electrons. The summed E-state index contributed by atoms with van der Waals surface area (Å²) in [7, 11) is 1.16. The molecule has 0 heterocycles. The van der Waals surface area contributed by atoms with Crippen LogP contribution in [0.3, 0.4) is 0 Å². The maximum atomic E-state index is 12.1. The number of benzene rings is 1. The zero-order valence-electron chi connectivity index (χ0n) is 11.1. The summed E-state index contributed by atoms with van der Waals surface area (Å²) in [5.41, 5.74) is 2.78. The van der Waals surface area contributed by atoms with Crippen molar-refractivity contribution < 1.29 is 27.5 Å². The highest BCUT2D eigenvalue weighted by atomic mass is 19.4. The van der Waals surface area contributed by atoms with E-state index in [4.69, 9.17) is 0 Å². The number of alkyl halides is 3. The maximum Gasteiger partial charge on any atom is 0.471 e. The van der Waals surface area contributed by atoms with Gasteiger partial charge in [0.1, 0.15) is 0 Å². The lowest BCUT2D eigenvalue weighted by molar-refractivity contribution is -0.167. The number of hydrogen-bond donors (Lipinski definition) is 2. The predicted molar refractivity (Wildman–Crippen MR) is 68.9 cm³/mol.